The van der Waals surface area contributed by atoms with E-state index in [1.807, 2.05) is 48.8 Å². The Morgan fingerprint density at radius 2 is 2.12 bits per heavy atom. The molecule has 1 N–H and O–H groups in total. The van der Waals surface area contributed by atoms with E-state index in [1.165, 1.54) is 0 Å². The van der Waals surface area contributed by atoms with Gasteiger partial charge in [0.2, 0.25) is 0 Å². The van der Waals surface area contributed by atoms with Crippen LogP contribution in [-0.4, -0.2) is 32.1 Å². The molecule has 0 spiro atoms. The second-order valence-corrected chi connectivity index (χ2v) is 7.52. The first-order valence-corrected chi connectivity index (χ1v) is 9.50. The van der Waals surface area contributed by atoms with E-state index in [0.29, 0.717) is 11.6 Å². The maximum Gasteiger partial charge on any atom is 0.172 e. The topological polar surface area (TPSA) is 52.9 Å². The van der Waals surface area contributed by atoms with Crippen LogP contribution in [0.3, 0.4) is 0 Å². The van der Waals surface area contributed by atoms with E-state index in [4.69, 9.17) is 16.6 Å². The quantitative estimate of drug-likeness (QED) is 0.429. The maximum atomic E-state index is 6.37. The Morgan fingerprint density at radius 3 is 2.92 bits per heavy atom. The van der Waals surface area contributed by atoms with Crippen LogP contribution in [0.1, 0.15) is 11.1 Å². The van der Waals surface area contributed by atoms with Crippen LogP contribution in [0.5, 0.6) is 0 Å². The first-order valence-electron chi connectivity index (χ1n) is 7.88. The SMILES string of the molecule is Clc1ccccc1C1=CN2C(=NCC2I)C(NCc2cccnc2)=N1. The summed E-state index contributed by atoms with van der Waals surface area (Å²) in [5, 5.41) is 4.09. The Hall–Kier alpha value is -1.93. The van der Waals surface area contributed by atoms with Gasteiger partial charge in [0.15, 0.2) is 11.7 Å². The Balaban J connectivity index is 1.66. The molecule has 2 aliphatic rings. The van der Waals surface area contributed by atoms with Gasteiger partial charge in [-0.25, -0.2) is 4.99 Å². The molecule has 126 valence electrons. The lowest BCUT2D eigenvalue weighted by Gasteiger charge is -2.26. The molecule has 2 aliphatic heterocycles. The summed E-state index contributed by atoms with van der Waals surface area (Å²) >= 11 is 8.76. The molecule has 1 atom stereocenters. The fraction of sp³-hybridized carbons (Fsp3) is 0.167. The average molecular weight is 464 g/mol. The minimum atomic E-state index is 0.274. The number of amidine groups is 2. The van der Waals surface area contributed by atoms with E-state index in [9.17, 15) is 0 Å². The van der Waals surface area contributed by atoms with Crippen LogP contribution in [0.4, 0.5) is 0 Å². The number of nitrogens with one attached hydrogen (secondary N) is 1. The summed E-state index contributed by atoms with van der Waals surface area (Å²) in [6.07, 6.45) is 5.64. The lowest BCUT2D eigenvalue weighted by molar-refractivity contribution is 0.590. The van der Waals surface area contributed by atoms with Gasteiger partial charge in [-0.05, 0) is 17.7 Å². The number of fused-ring (bicyclic) bond motifs is 1. The van der Waals surface area contributed by atoms with E-state index in [0.717, 1.165) is 35.0 Å². The molecule has 0 saturated heterocycles. The van der Waals surface area contributed by atoms with Crippen LogP contribution in [0.25, 0.3) is 5.70 Å². The molecule has 4 rings (SSSR count). The molecule has 25 heavy (non-hydrogen) atoms. The summed E-state index contributed by atoms with van der Waals surface area (Å²) in [5.74, 6) is 1.64. The zero-order chi connectivity index (χ0) is 17.2. The third kappa shape index (κ3) is 3.41. The predicted octanol–water partition coefficient (Wildman–Crippen LogP) is 3.71. The molecule has 7 heteroatoms. The predicted molar refractivity (Wildman–Crippen MR) is 110 cm³/mol. The third-order valence-corrected chi connectivity index (χ3v) is 5.30. The van der Waals surface area contributed by atoms with Crippen LogP contribution in [0.15, 0.2) is 65.0 Å². The summed E-state index contributed by atoms with van der Waals surface area (Å²) in [5.41, 5.74) is 2.84. The van der Waals surface area contributed by atoms with Gasteiger partial charge in [-0.15, -0.1) is 0 Å². The number of rotatable bonds is 3. The molecule has 0 saturated carbocycles. The number of nitrogens with zero attached hydrogens (tertiary/aromatic N) is 4. The lowest BCUT2D eigenvalue weighted by atomic mass is 10.1. The highest BCUT2D eigenvalue weighted by Crippen LogP contribution is 2.30. The minimum Gasteiger partial charge on any atom is -0.363 e. The average Bonchev–Trinajstić information content (AvgIpc) is 3.02. The molecule has 5 nitrogen and oxygen atoms in total. The van der Waals surface area contributed by atoms with Crippen molar-refractivity contribution in [2.24, 2.45) is 9.98 Å². The molecular formula is C18H15ClIN5. The smallest absolute Gasteiger partial charge is 0.172 e. The van der Waals surface area contributed by atoms with Gasteiger partial charge in [-0.1, -0.05) is 58.5 Å². The van der Waals surface area contributed by atoms with Crippen molar-refractivity contribution in [1.82, 2.24) is 15.2 Å². The maximum absolute atomic E-state index is 6.37. The zero-order valence-corrected chi connectivity index (χ0v) is 16.1. The molecule has 0 fully saturated rings. The first-order chi connectivity index (χ1) is 12.2. The van der Waals surface area contributed by atoms with Crippen LogP contribution in [-0.2, 0) is 6.54 Å². The van der Waals surface area contributed by atoms with Crippen molar-refractivity contribution in [2.45, 2.75) is 10.6 Å². The van der Waals surface area contributed by atoms with Crippen molar-refractivity contribution in [3.63, 3.8) is 0 Å². The van der Waals surface area contributed by atoms with Crippen molar-refractivity contribution in [3.05, 3.63) is 71.1 Å². The normalized spacial score (nSPS) is 19.0. The molecule has 2 aromatic rings. The lowest BCUT2D eigenvalue weighted by Crippen LogP contribution is -2.42. The zero-order valence-electron chi connectivity index (χ0n) is 13.2. The molecule has 1 aromatic heterocycles. The number of pyridine rings is 1. The van der Waals surface area contributed by atoms with Crippen LogP contribution in [0, 0.1) is 0 Å². The van der Waals surface area contributed by atoms with Gasteiger partial charge in [-0.2, -0.15) is 0 Å². The van der Waals surface area contributed by atoms with Crippen LogP contribution < -0.4 is 5.32 Å². The van der Waals surface area contributed by atoms with E-state index in [-0.39, 0.29) is 4.05 Å². The summed E-state index contributed by atoms with van der Waals surface area (Å²) in [4.78, 5) is 15.7. The van der Waals surface area contributed by atoms with Crippen molar-refractivity contribution in [2.75, 3.05) is 6.54 Å². The molecule has 1 unspecified atom stereocenters. The molecule has 3 heterocycles. The molecule has 0 bridgehead atoms. The van der Waals surface area contributed by atoms with Crippen LogP contribution in [0.2, 0.25) is 5.02 Å². The number of benzene rings is 1. The van der Waals surface area contributed by atoms with E-state index < -0.39 is 0 Å². The largest absolute Gasteiger partial charge is 0.363 e. The summed E-state index contributed by atoms with van der Waals surface area (Å²) in [6.45, 7) is 1.39. The van der Waals surface area contributed by atoms with Crippen LogP contribution >= 0.6 is 34.2 Å². The van der Waals surface area contributed by atoms with Crippen molar-refractivity contribution in [3.8, 4) is 0 Å². The standard InChI is InChI=1S/C18H15ClIN5/c19-14-6-2-1-5-13(14)15-11-25-16(20)10-23-18(25)17(24-15)22-9-12-4-3-7-21-8-12/h1-8,11,16H,9-10H2,(H,22,24). The van der Waals surface area contributed by atoms with Gasteiger partial charge in [0.05, 0.1) is 17.3 Å². The second-order valence-electron chi connectivity index (χ2n) is 5.68. The molecule has 0 amide bonds. The fourth-order valence-electron chi connectivity index (χ4n) is 2.74. The van der Waals surface area contributed by atoms with E-state index in [2.05, 4.69) is 42.8 Å². The minimum absolute atomic E-state index is 0.274. The Labute approximate surface area is 164 Å². The van der Waals surface area contributed by atoms with Crippen molar-refractivity contribution >= 4 is 51.6 Å². The number of alkyl halides is 1. The fourth-order valence-corrected chi connectivity index (χ4v) is 3.59. The third-order valence-electron chi connectivity index (χ3n) is 3.98. The monoisotopic (exact) mass is 463 g/mol. The number of hydrogen-bond acceptors (Lipinski definition) is 5. The summed E-state index contributed by atoms with van der Waals surface area (Å²) < 4.78 is 0.274. The molecule has 0 aliphatic carbocycles. The second kappa shape index (κ2) is 7.13. The van der Waals surface area contributed by atoms with E-state index in [1.54, 1.807) is 6.20 Å². The Bertz CT molecular complexity index is 878. The van der Waals surface area contributed by atoms with Gasteiger partial charge >= 0.3 is 0 Å². The van der Waals surface area contributed by atoms with Gasteiger partial charge in [0.1, 0.15) is 4.05 Å². The van der Waals surface area contributed by atoms with Gasteiger partial charge in [-0.3, -0.25) is 9.98 Å². The first kappa shape index (κ1) is 16.5. The highest BCUT2D eigenvalue weighted by atomic mass is 127. The number of aliphatic imine (C=N–C) groups is 2. The highest BCUT2D eigenvalue weighted by Gasteiger charge is 2.31. The Kier molecular flexibility index (Phi) is 4.72. The number of hydrogen-bond donors (Lipinski definition) is 1. The van der Waals surface area contributed by atoms with Gasteiger partial charge in [0, 0.05) is 30.7 Å². The number of aromatic nitrogens is 1. The van der Waals surface area contributed by atoms with Gasteiger partial charge < -0.3 is 10.2 Å². The summed E-state index contributed by atoms with van der Waals surface area (Å²) in [6, 6.07) is 11.7. The molecule has 0 radical (unpaired) electrons. The Morgan fingerprint density at radius 1 is 1.24 bits per heavy atom. The van der Waals surface area contributed by atoms with E-state index >= 15 is 0 Å². The van der Waals surface area contributed by atoms with Crippen molar-refractivity contribution in [1.29, 1.82) is 0 Å². The highest BCUT2D eigenvalue weighted by molar-refractivity contribution is 14.1. The summed E-state index contributed by atoms with van der Waals surface area (Å²) in [7, 11) is 0. The van der Waals surface area contributed by atoms with Crippen molar-refractivity contribution < 1.29 is 0 Å². The number of halogens is 2. The van der Waals surface area contributed by atoms with Gasteiger partial charge in [0.25, 0.3) is 0 Å². The molecular weight excluding hydrogens is 449 g/mol. The molecule has 1 aromatic carbocycles.